The van der Waals surface area contributed by atoms with E-state index in [4.69, 9.17) is 5.73 Å². The molecule has 0 amide bonds. The Hall–Kier alpha value is -1.73. The number of anilines is 1. The van der Waals surface area contributed by atoms with Crippen molar-refractivity contribution in [1.82, 2.24) is 4.98 Å². The second-order valence-electron chi connectivity index (χ2n) is 2.81. The van der Waals surface area contributed by atoms with Crippen molar-refractivity contribution in [2.45, 2.75) is 12.6 Å². The lowest BCUT2D eigenvalue weighted by molar-refractivity contribution is -0.139. The Kier molecular flexibility index (Phi) is 3.11. The number of aldehydes is 1. The largest absolute Gasteiger partial charge is 0.420 e. The van der Waals surface area contributed by atoms with E-state index >= 15 is 0 Å². The van der Waals surface area contributed by atoms with Crippen LogP contribution in [0, 0.1) is 0 Å². The first kappa shape index (κ1) is 12.3. The summed E-state index contributed by atoms with van der Waals surface area (Å²) in [4.78, 5) is 13.3. The standard InChI is InChI=1S/C8H5F5N2O/c9-6(10)4-1-3(2-16)15-7(14)5(4)8(11,12)13/h1-2,6H,(H2,14,15). The van der Waals surface area contributed by atoms with Crippen LogP contribution in [0.25, 0.3) is 0 Å². The lowest BCUT2D eigenvalue weighted by Gasteiger charge is -2.14. The minimum atomic E-state index is -5.04. The zero-order chi connectivity index (χ0) is 12.5. The molecular weight excluding hydrogens is 235 g/mol. The fourth-order valence-electron chi connectivity index (χ4n) is 1.15. The topological polar surface area (TPSA) is 56.0 Å². The van der Waals surface area contributed by atoms with Gasteiger partial charge in [0.1, 0.15) is 17.1 Å². The number of rotatable bonds is 2. The smallest absolute Gasteiger partial charge is 0.383 e. The molecule has 1 aromatic heterocycles. The average molecular weight is 240 g/mol. The molecule has 1 heterocycles. The molecule has 0 bridgehead atoms. The minimum Gasteiger partial charge on any atom is -0.383 e. The first-order chi connectivity index (χ1) is 7.27. The third kappa shape index (κ3) is 2.26. The summed E-state index contributed by atoms with van der Waals surface area (Å²) in [7, 11) is 0. The Morgan fingerprint density at radius 1 is 1.38 bits per heavy atom. The highest BCUT2D eigenvalue weighted by Gasteiger charge is 2.39. The molecule has 88 valence electrons. The van der Waals surface area contributed by atoms with Crippen LogP contribution in [0.15, 0.2) is 6.07 Å². The van der Waals surface area contributed by atoms with Crippen molar-refractivity contribution in [1.29, 1.82) is 0 Å². The monoisotopic (exact) mass is 240 g/mol. The third-order valence-corrected chi connectivity index (χ3v) is 1.74. The van der Waals surface area contributed by atoms with Gasteiger partial charge in [0.15, 0.2) is 6.29 Å². The van der Waals surface area contributed by atoms with Crippen LogP contribution in [0.4, 0.5) is 27.8 Å². The van der Waals surface area contributed by atoms with Crippen molar-refractivity contribution in [3.05, 3.63) is 22.9 Å². The van der Waals surface area contributed by atoms with Crippen LogP contribution in [0.1, 0.15) is 28.0 Å². The number of pyridine rings is 1. The maximum absolute atomic E-state index is 12.4. The molecule has 2 N–H and O–H groups in total. The summed E-state index contributed by atoms with van der Waals surface area (Å²) in [6, 6.07) is 0.372. The predicted octanol–water partition coefficient (Wildman–Crippen LogP) is 2.43. The molecule has 0 unspecified atom stereocenters. The van der Waals surface area contributed by atoms with Crippen LogP contribution in [-0.2, 0) is 6.18 Å². The number of nitrogen functional groups attached to an aromatic ring is 1. The fraction of sp³-hybridized carbons (Fsp3) is 0.250. The first-order valence-corrected chi connectivity index (χ1v) is 3.88. The molecule has 8 heteroatoms. The SMILES string of the molecule is Nc1nc(C=O)cc(C(F)F)c1C(F)(F)F. The van der Waals surface area contributed by atoms with E-state index < -0.39 is 35.2 Å². The van der Waals surface area contributed by atoms with Gasteiger partial charge in [0.2, 0.25) is 0 Å². The van der Waals surface area contributed by atoms with Gasteiger partial charge in [-0.1, -0.05) is 0 Å². The van der Waals surface area contributed by atoms with E-state index in [1.165, 1.54) is 0 Å². The van der Waals surface area contributed by atoms with E-state index in [1.807, 2.05) is 0 Å². The molecular formula is C8H5F5N2O. The van der Waals surface area contributed by atoms with Crippen LogP contribution in [0.2, 0.25) is 0 Å². The van der Waals surface area contributed by atoms with Gasteiger partial charge in [-0.15, -0.1) is 0 Å². The molecule has 0 saturated heterocycles. The van der Waals surface area contributed by atoms with E-state index in [0.717, 1.165) is 0 Å². The van der Waals surface area contributed by atoms with Gasteiger partial charge in [0, 0.05) is 5.56 Å². The van der Waals surface area contributed by atoms with Crippen LogP contribution >= 0.6 is 0 Å². The Balaban J connectivity index is 3.52. The Bertz CT molecular complexity index is 416. The van der Waals surface area contributed by atoms with Gasteiger partial charge in [-0.25, -0.2) is 13.8 Å². The van der Waals surface area contributed by atoms with E-state index in [-0.39, 0.29) is 6.29 Å². The van der Waals surface area contributed by atoms with Gasteiger partial charge in [0.25, 0.3) is 6.43 Å². The van der Waals surface area contributed by atoms with Gasteiger partial charge < -0.3 is 5.73 Å². The van der Waals surface area contributed by atoms with Crippen LogP contribution < -0.4 is 5.73 Å². The number of alkyl halides is 5. The lowest BCUT2D eigenvalue weighted by Crippen LogP contribution is -2.15. The molecule has 3 nitrogen and oxygen atoms in total. The zero-order valence-corrected chi connectivity index (χ0v) is 7.55. The number of nitrogens with zero attached hydrogens (tertiary/aromatic N) is 1. The molecule has 1 rings (SSSR count). The van der Waals surface area contributed by atoms with Crippen LogP contribution in [0.5, 0.6) is 0 Å². The first-order valence-electron chi connectivity index (χ1n) is 3.88. The summed E-state index contributed by atoms with van der Waals surface area (Å²) in [5.74, 6) is -1.13. The summed E-state index contributed by atoms with van der Waals surface area (Å²) in [6.45, 7) is 0. The maximum Gasteiger partial charge on any atom is 0.420 e. The number of hydrogen-bond donors (Lipinski definition) is 1. The minimum absolute atomic E-state index is 0.0440. The molecule has 0 aliphatic rings. The summed E-state index contributed by atoms with van der Waals surface area (Å²) in [5, 5.41) is 0. The summed E-state index contributed by atoms with van der Waals surface area (Å²) < 4.78 is 61.8. The Morgan fingerprint density at radius 3 is 2.31 bits per heavy atom. The van der Waals surface area contributed by atoms with Gasteiger partial charge in [-0.05, 0) is 6.07 Å². The summed E-state index contributed by atoms with van der Waals surface area (Å²) >= 11 is 0. The quantitative estimate of drug-likeness (QED) is 0.638. The molecule has 0 saturated carbocycles. The second kappa shape index (κ2) is 4.03. The summed E-state index contributed by atoms with van der Waals surface area (Å²) in [5.41, 5.74) is 1.28. The van der Waals surface area contributed by atoms with Gasteiger partial charge in [-0.3, -0.25) is 4.79 Å². The van der Waals surface area contributed by atoms with E-state index in [9.17, 15) is 26.7 Å². The lowest BCUT2D eigenvalue weighted by atomic mass is 10.1. The molecule has 16 heavy (non-hydrogen) atoms. The fourth-order valence-corrected chi connectivity index (χ4v) is 1.15. The van der Waals surface area contributed by atoms with Crippen molar-refractivity contribution >= 4 is 12.1 Å². The molecule has 0 atom stereocenters. The Morgan fingerprint density at radius 2 is 1.94 bits per heavy atom. The van der Waals surface area contributed by atoms with Gasteiger partial charge in [0.05, 0.1) is 0 Å². The van der Waals surface area contributed by atoms with Crippen molar-refractivity contribution in [2.24, 2.45) is 0 Å². The van der Waals surface area contributed by atoms with E-state index in [1.54, 1.807) is 0 Å². The van der Waals surface area contributed by atoms with E-state index in [2.05, 4.69) is 4.98 Å². The zero-order valence-electron chi connectivity index (χ0n) is 7.55. The van der Waals surface area contributed by atoms with Gasteiger partial charge in [-0.2, -0.15) is 13.2 Å². The highest BCUT2D eigenvalue weighted by Crippen LogP contribution is 2.39. The van der Waals surface area contributed by atoms with Crippen LogP contribution in [-0.4, -0.2) is 11.3 Å². The maximum atomic E-state index is 12.4. The van der Waals surface area contributed by atoms with Crippen molar-refractivity contribution < 1.29 is 26.7 Å². The van der Waals surface area contributed by atoms with Crippen molar-refractivity contribution in [3.8, 4) is 0 Å². The highest BCUT2D eigenvalue weighted by atomic mass is 19.4. The molecule has 0 fully saturated rings. The second-order valence-corrected chi connectivity index (χ2v) is 2.81. The molecule has 1 aromatic rings. The molecule has 0 aliphatic heterocycles. The number of carbonyl (C=O) groups excluding carboxylic acids is 1. The number of nitrogens with two attached hydrogens (primary N) is 1. The van der Waals surface area contributed by atoms with Crippen LogP contribution in [0.3, 0.4) is 0 Å². The van der Waals surface area contributed by atoms with Gasteiger partial charge >= 0.3 is 6.18 Å². The van der Waals surface area contributed by atoms with Crippen molar-refractivity contribution in [2.75, 3.05) is 5.73 Å². The average Bonchev–Trinajstić information content (AvgIpc) is 2.14. The highest BCUT2D eigenvalue weighted by molar-refractivity contribution is 5.74. The number of aromatic nitrogens is 1. The van der Waals surface area contributed by atoms with Crippen molar-refractivity contribution in [3.63, 3.8) is 0 Å². The Labute approximate surface area is 86.1 Å². The molecule has 0 aromatic carbocycles. The number of halogens is 5. The normalized spacial score (nSPS) is 11.9. The molecule has 0 aliphatic carbocycles. The summed E-state index contributed by atoms with van der Waals surface area (Å²) in [6.07, 6.45) is -8.38. The molecule has 0 spiro atoms. The predicted molar refractivity (Wildman–Crippen MR) is 44.0 cm³/mol. The molecule has 0 radical (unpaired) electrons. The number of carbonyl (C=O) groups is 1. The third-order valence-electron chi connectivity index (χ3n) is 1.74. The number of hydrogen-bond acceptors (Lipinski definition) is 3. The van der Waals surface area contributed by atoms with E-state index in [0.29, 0.717) is 6.07 Å².